The van der Waals surface area contributed by atoms with Crippen molar-refractivity contribution in [2.75, 3.05) is 20.1 Å². The zero-order valence-electron chi connectivity index (χ0n) is 22.4. The first-order valence-corrected chi connectivity index (χ1v) is 13.3. The Morgan fingerprint density at radius 3 is 2.21 bits per heavy atom. The van der Waals surface area contributed by atoms with Gasteiger partial charge in [0, 0.05) is 30.8 Å². The van der Waals surface area contributed by atoms with Crippen LogP contribution >= 0.6 is 12.4 Å². The predicted octanol–water partition coefficient (Wildman–Crippen LogP) is 4.18. The van der Waals surface area contributed by atoms with E-state index in [0.29, 0.717) is 25.8 Å². The van der Waals surface area contributed by atoms with Crippen LogP contribution < -0.4 is 16.0 Å². The minimum absolute atomic E-state index is 0. The molecule has 2 atom stereocenters. The highest BCUT2D eigenvalue weighted by atomic mass is 35.5. The van der Waals surface area contributed by atoms with E-state index in [0.717, 1.165) is 41.6 Å². The lowest BCUT2D eigenvalue weighted by Crippen LogP contribution is -2.52. The van der Waals surface area contributed by atoms with Gasteiger partial charge in [-0.2, -0.15) is 0 Å². The monoisotopic (exact) mass is 542 g/mol. The van der Waals surface area contributed by atoms with Crippen molar-refractivity contribution in [3.63, 3.8) is 0 Å². The Hall–Kier alpha value is -3.10. The maximum atomic E-state index is 12.9. The van der Waals surface area contributed by atoms with Crippen molar-refractivity contribution >= 4 is 30.3 Å². The third-order valence-corrected chi connectivity index (χ3v) is 6.98. The van der Waals surface area contributed by atoms with Gasteiger partial charge < -0.3 is 25.6 Å². The first kappa shape index (κ1) is 29.5. The van der Waals surface area contributed by atoms with Gasteiger partial charge in [-0.15, -0.1) is 12.4 Å². The highest BCUT2D eigenvalue weighted by Crippen LogP contribution is 2.45. The predicted molar refractivity (Wildman–Crippen MR) is 150 cm³/mol. The lowest BCUT2D eigenvalue weighted by molar-refractivity contribution is -0.130. The van der Waals surface area contributed by atoms with Crippen molar-refractivity contribution in [2.24, 2.45) is 0 Å². The summed E-state index contributed by atoms with van der Waals surface area (Å²) in [6.07, 6.45) is 2.81. The van der Waals surface area contributed by atoms with E-state index in [4.69, 9.17) is 4.74 Å². The quantitative estimate of drug-likeness (QED) is 0.391. The summed E-state index contributed by atoms with van der Waals surface area (Å²) in [4.78, 5) is 39.8. The molecule has 0 unspecified atom stereocenters. The third-order valence-electron chi connectivity index (χ3n) is 6.98. The Labute approximate surface area is 231 Å². The van der Waals surface area contributed by atoms with Crippen LogP contribution in [-0.2, 0) is 14.3 Å². The molecule has 2 aromatic carbocycles. The van der Waals surface area contributed by atoms with Gasteiger partial charge in [-0.25, -0.2) is 4.79 Å². The number of carbonyl (C=O) groups is 3. The largest absolute Gasteiger partial charge is 0.436 e. The number of halogens is 1. The molecule has 1 fully saturated rings. The molecule has 0 bridgehead atoms. The molecule has 1 aliphatic carbocycles. The third kappa shape index (κ3) is 7.05. The minimum Gasteiger partial charge on any atom is -0.436 e. The topological polar surface area (TPSA) is 99.8 Å². The molecule has 0 radical (unpaired) electrons. The second-order valence-electron chi connectivity index (χ2n) is 10.2. The number of unbranched alkanes of at least 4 members (excludes halogenated alkanes) is 1. The molecule has 8 nitrogen and oxygen atoms in total. The Bertz CT molecular complexity index is 1070. The number of nitrogens with zero attached hydrogens (tertiary/aromatic N) is 1. The van der Waals surface area contributed by atoms with Crippen LogP contribution in [-0.4, -0.2) is 61.1 Å². The van der Waals surface area contributed by atoms with Crippen LogP contribution in [0.2, 0.25) is 0 Å². The van der Waals surface area contributed by atoms with Gasteiger partial charge in [0.2, 0.25) is 11.8 Å². The average Bonchev–Trinajstić information content (AvgIpc) is 3.53. The fourth-order valence-electron chi connectivity index (χ4n) is 5.05. The molecule has 3 N–H and O–H groups in total. The number of nitrogens with one attached hydrogen (secondary N) is 3. The summed E-state index contributed by atoms with van der Waals surface area (Å²) < 4.78 is 5.95. The molecule has 3 amide bonds. The first-order valence-electron chi connectivity index (χ1n) is 13.3. The van der Waals surface area contributed by atoms with Crippen LogP contribution in [0.5, 0.6) is 0 Å². The number of ether oxygens (including phenoxy) is 1. The zero-order valence-corrected chi connectivity index (χ0v) is 23.2. The zero-order chi connectivity index (χ0) is 26.4. The second-order valence-corrected chi connectivity index (χ2v) is 10.2. The Balaban J connectivity index is 0.00000400. The standard InChI is InChI=1S/C29H38N4O4.ClH/c1-19(2)31-28(35)25(32-27(34)24-16-10-17-30-24)15-8-9-18-33(3)29(36)37-26-22-13-6-4-11-20(22)21-12-5-7-14-23(21)26;/h4-7,11-14,19,24-26,30H,8-10,15-18H2,1-3H3,(H,31,35)(H,32,34);1H/t24-,25-;/m0./s1. The Morgan fingerprint density at radius 2 is 1.63 bits per heavy atom. The molecular formula is C29H39ClN4O4. The fraction of sp³-hybridized carbons (Fsp3) is 0.483. The van der Waals surface area contributed by atoms with E-state index in [-0.39, 0.29) is 42.4 Å². The molecular weight excluding hydrogens is 504 g/mol. The summed E-state index contributed by atoms with van der Waals surface area (Å²) in [6.45, 7) is 5.11. The van der Waals surface area contributed by atoms with Gasteiger partial charge in [-0.05, 0) is 63.6 Å². The lowest BCUT2D eigenvalue weighted by atomic mass is 10.1. The van der Waals surface area contributed by atoms with E-state index in [9.17, 15) is 14.4 Å². The van der Waals surface area contributed by atoms with E-state index in [2.05, 4.69) is 28.1 Å². The van der Waals surface area contributed by atoms with Crippen molar-refractivity contribution in [2.45, 2.75) is 70.2 Å². The van der Waals surface area contributed by atoms with Gasteiger partial charge in [0.25, 0.3) is 0 Å². The number of carbonyl (C=O) groups excluding carboxylic acids is 3. The molecule has 38 heavy (non-hydrogen) atoms. The minimum atomic E-state index is -0.596. The number of rotatable bonds is 10. The van der Waals surface area contributed by atoms with Gasteiger partial charge in [-0.3, -0.25) is 9.59 Å². The van der Waals surface area contributed by atoms with Crippen LogP contribution in [0, 0.1) is 0 Å². The molecule has 0 spiro atoms. The molecule has 206 valence electrons. The van der Waals surface area contributed by atoms with Crippen LogP contribution in [0.25, 0.3) is 11.1 Å². The normalized spacial score (nSPS) is 16.7. The van der Waals surface area contributed by atoms with Gasteiger partial charge in [0.15, 0.2) is 6.10 Å². The number of fused-ring (bicyclic) bond motifs is 3. The van der Waals surface area contributed by atoms with Crippen molar-refractivity contribution in [1.82, 2.24) is 20.9 Å². The van der Waals surface area contributed by atoms with Gasteiger partial charge in [0.1, 0.15) is 6.04 Å². The maximum absolute atomic E-state index is 12.9. The number of benzene rings is 2. The molecule has 9 heteroatoms. The average molecular weight is 543 g/mol. The number of amides is 3. The highest BCUT2D eigenvalue weighted by Gasteiger charge is 2.32. The van der Waals surface area contributed by atoms with Gasteiger partial charge in [-0.1, -0.05) is 48.5 Å². The summed E-state index contributed by atoms with van der Waals surface area (Å²) in [5.74, 6) is -0.299. The molecule has 4 rings (SSSR count). The Morgan fingerprint density at radius 1 is 1.00 bits per heavy atom. The molecule has 0 saturated carbocycles. The van der Waals surface area contributed by atoms with E-state index in [1.165, 1.54) is 0 Å². The summed E-state index contributed by atoms with van der Waals surface area (Å²) >= 11 is 0. The SMILES string of the molecule is CC(C)NC(=O)[C@H](CCCCN(C)C(=O)OC1c2ccccc2-c2ccccc21)NC(=O)[C@@H]1CCCN1.Cl. The number of hydrogen-bond donors (Lipinski definition) is 3. The summed E-state index contributed by atoms with van der Waals surface area (Å²) in [6, 6.07) is 15.2. The van der Waals surface area contributed by atoms with Crippen molar-refractivity contribution in [3.05, 3.63) is 59.7 Å². The highest BCUT2D eigenvalue weighted by molar-refractivity contribution is 5.90. The lowest BCUT2D eigenvalue weighted by Gasteiger charge is -2.23. The molecule has 1 aliphatic heterocycles. The maximum Gasteiger partial charge on any atom is 0.410 e. The fourth-order valence-corrected chi connectivity index (χ4v) is 5.05. The van der Waals surface area contributed by atoms with Crippen molar-refractivity contribution in [3.8, 4) is 11.1 Å². The molecule has 1 heterocycles. The first-order chi connectivity index (χ1) is 17.8. The van der Waals surface area contributed by atoms with E-state index in [1.54, 1.807) is 11.9 Å². The van der Waals surface area contributed by atoms with E-state index < -0.39 is 12.1 Å². The number of hydrogen-bond acceptors (Lipinski definition) is 5. The van der Waals surface area contributed by atoms with Crippen LogP contribution in [0.1, 0.15) is 63.2 Å². The summed E-state index contributed by atoms with van der Waals surface area (Å²) in [5, 5.41) is 9.00. The van der Waals surface area contributed by atoms with Gasteiger partial charge >= 0.3 is 6.09 Å². The van der Waals surface area contributed by atoms with Crippen molar-refractivity contribution in [1.29, 1.82) is 0 Å². The molecule has 2 aromatic rings. The van der Waals surface area contributed by atoms with Gasteiger partial charge in [0.05, 0.1) is 6.04 Å². The van der Waals surface area contributed by atoms with Crippen LogP contribution in [0.3, 0.4) is 0 Å². The van der Waals surface area contributed by atoms with Crippen LogP contribution in [0.4, 0.5) is 4.79 Å². The molecule has 0 aromatic heterocycles. The van der Waals surface area contributed by atoms with E-state index in [1.807, 2.05) is 50.2 Å². The Kier molecular flexibility index (Phi) is 10.6. The molecule has 1 saturated heterocycles. The summed E-state index contributed by atoms with van der Waals surface area (Å²) in [7, 11) is 1.73. The van der Waals surface area contributed by atoms with E-state index >= 15 is 0 Å². The second kappa shape index (κ2) is 13.6. The summed E-state index contributed by atoms with van der Waals surface area (Å²) in [5.41, 5.74) is 4.19. The molecule has 2 aliphatic rings. The van der Waals surface area contributed by atoms with Crippen molar-refractivity contribution < 1.29 is 19.1 Å². The smallest absolute Gasteiger partial charge is 0.410 e. The van der Waals surface area contributed by atoms with Crippen LogP contribution in [0.15, 0.2) is 48.5 Å².